The lowest BCUT2D eigenvalue weighted by Gasteiger charge is -2.13. The average molecular weight is 186 g/mol. The first kappa shape index (κ1) is 11.0. The molecule has 0 aromatic heterocycles. The second-order valence-corrected chi connectivity index (χ2v) is 3.87. The van der Waals surface area contributed by atoms with E-state index < -0.39 is 0 Å². The van der Waals surface area contributed by atoms with Gasteiger partial charge in [0, 0.05) is 0 Å². The van der Waals surface area contributed by atoms with E-state index in [1.807, 2.05) is 0 Å². The van der Waals surface area contributed by atoms with Crippen LogP contribution in [0.25, 0.3) is 0 Å². The molecule has 0 aliphatic heterocycles. The van der Waals surface area contributed by atoms with Crippen LogP contribution in [0.4, 0.5) is 0 Å². The highest BCUT2D eigenvalue weighted by molar-refractivity contribution is 4.66. The van der Waals surface area contributed by atoms with Gasteiger partial charge in [-0.1, -0.05) is 19.8 Å². The van der Waals surface area contributed by atoms with Crippen LogP contribution in [0.5, 0.6) is 0 Å². The maximum absolute atomic E-state index is 5.67. The molecule has 0 spiro atoms. The largest absolute Gasteiger partial charge is 0.376 e. The Balaban J connectivity index is 1.88. The zero-order chi connectivity index (χ0) is 9.52. The molecule has 0 radical (unpaired) electrons. The molecule has 0 heterocycles. The molecule has 1 atom stereocenters. The third kappa shape index (κ3) is 4.63. The molecule has 1 aliphatic rings. The SMILES string of the molecule is CCC(C)OCCOC1CCCC1. The van der Waals surface area contributed by atoms with E-state index in [0.29, 0.717) is 12.2 Å². The summed E-state index contributed by atoms with van der Waals surface area (Å²) in [6, 6.07) is 0. The quantitative estimate of drug-likeness (QED) is 0.594. The molecular formula is C11H22O2. The molecule has 78 valence electrons. The van der Waals surface area contributed by atoms with Gasteiger partial charge in [-0.25, -0.2) is 0 Å². The van der Waals surface area contributed by atoms with Crippen molar-refractivity contribution in [2.75, 3.05) is 13.2 Å². The summed E-state index contributed by atoms with van der Waals surface area (Å²) in [4.78, 5) is 0. The van der Waals surface area contributed by atoms with Crippen LogP contribution in [0, 0.1) is 0 Å². The van der Waals surface area contributed by atoms with Crippen LogP contribution in [0.15, 0.2) is 0 Å². The summed E-state index contributed by atoms with van der Waals surface area (Å²) in [5, 5.41) is 0. The van der Waals surface area contributed by atoms with Gasteiger partial charge < -0.3 is 9.47 Å². The Labute approximate surface area is 81.6 Å². The van der Waals surface area contributed by atoms with Gasteiger partial charge in [0.15, 0.2) is 0 Å². The zero-order valence-corrected chi connectivity index (χ0v) is 8.92. The molecule has 1 rings (SSSR count). The zero-order valence-electron chi connectivity index (χ0n) is 8.92. The normalized spacial score (nSPS) is 20.8. The lowest BCUT2D eigenvalue weighted by atomic mass is 10.3. The van der Waals surface area contributed by atoms with E-state index in [0.717, 1.165) is 19.6 Å². The van der Waals surface area contributed by atoms with Crippen LogP contribution in [-0.2, 0) is 9.47 Å². The molecule has 0 aromatic carbocycles. The first-order chi connectivity index (χ1) is 6.33. The fourth-order valence-electron chi connectivity index (χ4n) is 1.64. The molecule has 0 saturated heterocycles. The standard InChI is InChI=1S/C11H22O2/c1-3-10(2)12-8-9-13-11-6-4-5-7-11/h10-11H,3-9H2,1-2H3. The number of hydrogen-bond donors (Lipinski definition) is 0. The van der Waals surface area contributed by atoms with Gasteiger partial charge in [0.2, 0.25) is 0 Å². The highest BCUT2D eigenvalue weighted by Crippen LogP contribution is 2.20. The number of rotatable bonds is 6. The Bertz CT molecular complexity index is 119. The van der Waals surface area contributed by atoms with Crippen LogP contribution in [0.3, 0.4) is 0 Å². The van der Waals surface area contributed by atoms with Crippen molar-refractivity contribution in [1.82, 2.24) is 0 Å². The maximum atomic E-state index is 5.67. The Hall–Kier alpha value is -0.0800. The number of ether oxygens (including phenoxy) is 2. The first-order valence-electron chi connectivity index (χ1n) is 5.56. The molecule has 0 N–H and O–H groups in total. The van der Waals surface area contributed by atoms with Gasteiger partial charge in [-0.3, -0.25) is 0 Å². The van der Waals surface area contributed by atoms with E-state index >= 15 is 0 Å². The van der Waals surface area contributed by atoms with E-state index in [4.69, 9.17) is 9.47 Å². The average Bonchev–Trinajstić information content (AvgIpc) is 2.64. The van der Waals surface area contributed by atoms with Crippen molar-refractivity contribution >= 4 is 0 Å². The molecule has 0 bridgehead atoms. The van der Waals surface area contributed by atoms with Crippen LogP contribution >= 0.6 is 0 Å². The molecule has 1 fully saturated rings. The second-order valence-electron chi connectivity index (χ2n) is 3.87. The molecular weight excluding hydrogens is 164 g/mol. The van der Waals surface area contributed by atoms with Crippen LogP contribution < -0.4 is 0 Å². The molecule has 1 saturated carbocycles. The summed E-state index contributed by atoms with van der Waals surface area (Å²) < 4.78 is 11.2. The van der Waals surface area contributed by atoms with Crippen molar-refractivity contribution in [2.45, 2.75) is 58.2 Å². The van der Waals surface area contributed by atoms with E-state index in [9.17, 15) is 0 Å². The predicted octanol–water partition coefficient (Wildman–Crippen LogP) is 2.76. The summed E-state index contributed by atoms with van der Waals surface area (Å²) in [6.07, 6.45) is 7.19. The lowest BCUT2D eigenvalue weighted by Crippen LogP contribution is -2.15. The highest BCUT2D eigenvalue weighted by atomic mass is 16.5. The van der Waals surface area contributed by atoms with Crippen molar-refractivity contribution < 1.29 is 9.47 Å². The lowest BCUT2D eigenvalue weighted by molar-refractivity contribution is -0.0155. The molecule has 2 heteroatoms. The van der Waals surface area contributed by atoms with E-state index in [2.05, 4.69) is 13.8 Å². The second kappa shape index (κ2) is 6.39. The van der Waals surface area contributed by atoms with Crippen molar-refractivity contribution in [3.05, 3.63) is 0 Å². The molecule has 13 heavy (non-hydrogen) atoms. The number of hydrogen-bond acceptors (Lipinski definition) is 2. The van der Waals surface area contributed by atoms with Crippen molar-refractivity contribution in [1.29, 1.82) is 0 Å². The minimum Gasteiger partial charge on any atom is -0.376 e. The third-order valence-electron chi connectivity index (χ3n) is 2.72. The molecule has 0 aromatic rings. The van der Waals surface area contributed by atoms with Crippen LogP contribution in [0.1, 0.15) is 46.0 Å². The van der Waals surface area contributed by atoms with Crippen molar-refractivity contribution in [3.63, 3.8) is 0 Å². The summed E-state index contributed by atoms with van der Waals surface area (Å²) >= 11 is 0. The van der Waals surface area contributed by atoms with Crippen molar-refractivity contribution in [3.8, 4) is 0 Å². The van der Waals surface area contributed by atoms with Crippen molar-refractivity contribution in [2.24, 2.45) is 0 Å². The van der Waals surface area contributed by atoms with Gasteiger partial charge in [-0.2, -0.15) is 0 Å². The Morgan fingerprint density at radius 3 is 2.54 bits per heavy atom. The third-order valence-corrected chi connectivity index (χ3v) is 2.72. The fourth-order valence-corrected chi connectivity index (χ4v) is 1.64. The predicted molar refractivity (Wildman–Crippen MR) is 53.9 cm³/mol. The van der Waals surface area contributed by atoms with Crippen LogP contribution in [0.2, 0.25) is 0 Å². The minimum absolute atomic E-state index is 0.382. The molecule has 2 nitrogen and oxygen atoms in total. The summed E-state index contributed by atoms with van der Waals surface area (Å²) in [5.74, 6) is 0. The first-order valence-corrected chi connectivity index (χ1v) is 5.56. The van der Waals surface area contributed by atoms with Gasteiger partial charge in [0.1, 0.15) is 0 Å². The van der Waals surface area contributed by atoms with Gasteiger partial charge in [-0.05, 0) is 26.2 Å². The van der Waals surface area contributed by atoms with E-state index in [-0.39, 0.29) is 0 Å². The van der Waals surface area contributed by atoms with Gasteiger partial charge >= 0.3 is 0 Å². The monoisotopic (exact) mass is 186 g/mol. The Kier molecular flexibility index (Phi) is 5.40. The Morgan fingerprint density at radius 1 is 1.23 bits per heavy atom. The molecule has 1 unspecified atom stereocenters. The van der Waals surface area contributed by atoms with Gasteiger partial charge in [0.05, 0.1) is 25.4 Å². The summed E-state index contributed by atoms with van der Waals surface area (Å²) in [5.41, 5.74) is 0. The molecule has 1 aliphatic carbocycles. The summed E-state index contributed by atoms with van der Waals surface area (Å²) in [7, 11) is 0. The van der Waals surface area contributed by atoms with Gasteiger partial charge in [-0.15, -0.1) is 0 Å². The van der Waals surface area contributed by atoms with Crippen LogP contribution in [-0.4, -0.2) is 25.4 Å². The fraction of sp³-hybridized carbons (Fsp3) is 1.00. The van der Waals surface area contributed by atoms with E-state index in [1.54, 1.807) is 0 Å². The highest BCUT2D eigenvalue weighted by Gasteiger charge is 2.14. The maximum Gasteiger partial charge on any atom is 0.0704 e. The minimum atomic E-state index is 0.382. The van der Waals surface area contributed by atoms with E-state index in [1.165, 1.54) is 25.7 Å². The molecule has 0 amide bonds. The Morgan fingerprint density at radius 2 is 1.92 bits per heavy atom. The smallest absolute Gasteiger partial charge is 0.0704 e. The topological polar surface area (TPSA) is 18.5 Å². The van der Waals surface area contributed by atoms with Gasteiger partial charge in [0.25, 0.3) is 0 Å². The summed E-state index contributed by atoms with van der Waals surface area (Å²) in [6.45, 7) is 5.78.